The van der Waals surface area contributed by atoms with Crippen molar-refractivity contribution in [3.8, 4) is 22.7 Å². The smallest absolute Gasteiger partial charge is 0.337 e. The third-order valence-corrected chi connectivity index (χ3v) is 5.52. The molecule has 34 heavy (non-hydrogen) atoms. The van der Waals surface area contributed by atoms with Gasteiger partial charge < -0.3 is 9.52 Å². The monoisotopic (exact) mass is 469 g/mol. The first-order valence-corrected chi connectivity index (χ1v) is 10.6. The molecule has 5 rings (SSSR count). The van der Waals surface area contributed by atoms with Crippen LogP contribution in [0.4, 0.5) is 0 Å². The molecule has 166 valence electrons. The topological polar surface area (TPSA) is 97.7 Å². The van der Waals surface area contributed by atoms with E-state index in [0.29, 0.717) is 33.8 Å². The molecule has 5 aromatic rings. The lowest BCUT2D eigenvalue weighted by Crippen LogP contribution is -2.20. The van der Waals surface area contributed by atoms with Crippen LogP contribution in [0.5, 0.6) is 0 Å². The summed E-state index contributed by atoms with van der Waals surface area (Å²) in [4.78, 5) is 29.2. The maximum absolute atomic E-state index is 13.2. The molecule has 0 aliphatic heterocycles. The number of aromatic nitrogens is 2. The first-order valence-electron chi connectivity index (χ1n) is 10.3. The molecule has 2 aromatic heterocycles. The van der Waals surface area contributed by atoms with E-state index < -0.39 is 5.97 Å². The van der Waals surface area contributed by atoms with Crippen LogP contribution in [0.25, 0.3) is 33.6 Å². The average molecular weight is 470 g/mol. The lowest BCUT2D eigenvalue weighted by atomic mass is 10.1. The fourth-order valence-electron chi connectivity index (χ4n) is 3.54. The van der Waals surface area contributed by atoms with E-state index in [1.807, 2.05) is 36.4 Å². The number of benzene rings is 3. The molecular formula is C26H16ClN3O4. The number of fused-ring (bicyclic) bond motifs is 1. The number of carboxylic acids is 1. The van der Waals surface area contributed by atoms with Crippen molar-refractivity contribution in [2.45, 2.75) is 0 Å². The minimum atomic E-state index is -1.13. The summed E-state index contributed by atoms with van der Waals surface area (Å²) in [5.74, 6) is 0.0849. The van der Waals surface area contributed by atoms with Gasteiger partial charge in [-0.2, -0.15) is 9.78 Å². The Bertz CT molecular complexity index is 1620. The lowest BCUT2D eigenvalue weighted by molar-refractivity contribution is 0.0697. The number of para-hydroxylation sites is 1. The van der Waals surface area contributed by atoms with Crippen molar-refractivity contribution in [1.82, 2.24) is 9.66 Å². The summed E-state index contributed by atoms with van der Waals surface area (Å²) in [6, 6.07) is 24.4. The predicted octanol–water partition coefficient (Wildman–Crippen LogP) is 5.56. The Morgan fingerprint density at radius 3 is 2.53 bits per heavy atom. The van der Waals surface area contributed by atoms with E-state index in [-0.39, 0.29) is 16.1 Å². The van der Waals surface area contributed by atoms with Crippen molar-refractivity contribution in [3.05, 3.63) is 112 Å². The number of nitrogens with zero attached hydrogens (tertiary/aromatic N) is 3. The van der Waals surface area contributed by atoms with Crippen LogP contribution < -0.4 is 5.56 Å². The van der Waals surface area contributed by atoms with Gasteiger partial charge in [0.05, 0.1) is 27.7 Å². The van der Waals surface area contributed by atoms with E-state index in [1.54, 1.807) is 36.4 Å². The number of hydrogen-bond acceptors (Lipinski definition) is 5. The Hall–Kier alpha value is -4.49. The second kappa shape index (κ2) is 8.80. The van der Waals surface area contributed by atoms with Crippen molar-refractivity contribution in [2.75, 3.05) is 0 Å². The molecule has 0 bridgehead atoms. The van der Waals surface area contributed by atoms with E-state index in [1.165, 1.54) is 23.0 Å². The first-order chi connectivity index (χ1) is 16.5. The Labute approximate surface area is 198 Å². The van der Waals surface area contributed by atoms with Gasteiger partial charge in [-0.15, -0.1) is 0 Å². The number of halogens is 1. The van der Waals surface area contributed by atoms with Gasteiger partial charge in [-0.05, 0) is 42.5 Å². The van der Waals surface area contributed by atoms with Gasteiger partial charge >= 0.3 is 5.97 Å². The number of carbonyl (C=O) groups is 1. The van der Waals surface area contributed by atoms with Crippen LogP contribution in [0.1, 0.15) is 16.1 Å². The van der Waals surface area contributed by atoms with Crippen LogP contribution in [0.3, 0.4) is 0 Å². The van der Waals surface area contributed by atoms with Crippen LogP contribution in [0, 0.1) is 0 Å². The summed E-state index contributed by atoms with van der Waals surface area (Å²) in [5.41, 5.74) is 1.54. The number of rotatable bonds is 5. The Kier molecular flexibility index (Phi) is 5.53. The minimum Gasteiger partial charge on any atom is -0.478 e. The van der Waals surface area contributed by atoms with E-state index in [0.717, 1.165) is 5.56 Å². The quantitative estimate of drug-likeness (QED) is 0.340. The summed E-state index contributed by atoms with van der Waals surface area (Å²) in [5, 5.41) is 14.3. The predicted molar refractivity (Wildman–Crippen MR) is 131 cm³/mol. The number of hydrogen-bond donors (Lipinski definition) is 1. The van der Waals surface area contributed by atoms with Crippen LogP contribution in [-0.2, 0) is 0 Å². The van der Waals surface area contributed by atoms with Gasteiger partial charge in [0, 0.05) is 11.1 Å². The maximum Gasteiger partial charge on any atom is 0.337 e. The fraction of sp³-hybridized carbons (Fsp3) is 0. The Morgan fingerprint density at radius 2 is 1.74 bits per heavy atom. The summed E-state index contributed by atoms with van der Waals surface area (Å²) in [7, 11) is 0. The molecule has 0 fully saturated rings. The second-order valence-corrected chi connectivity index (χ2v) is 7.79. The van der Waals surface area contributed by atoms with E-state index in [4.69, 9.17) is 16.0 Å². The highest BCUT2D eigenvalue weighted by Crippen LogP contribution is 2.27. The van der Waals surface area contributed by atoms with Gasteiger partial charge in [-0.25, -0.2) is 9.78 Å². The standard InChI is InChI=1S/C26H16ClN3O4/c27-21-12-10-17(14-20(21)26(32)33)23-13-11-18(34-23)15-28-30-24(16-6-2-1-3-7-16)29-22-9-5-4-8-19(22)25(30)31/h1-15H,(H,32,33). The molecule has 0 amide bonds. The van der Waals surface area contributed by atoms with Crippen molar-refractivity contribution in [3.63, 3.8) is 0 Å². The van der Waals surface area contributed by atoms with Crippen molar-refractivity contribution in [2.24, 2.45) is 5.10 Å². The molecule has 0 saturated carbocycles. The van der Waals surface area contributed by atoms with Crippen molar-refractivity contribution >= 4 is 34.7 Å². The van der Waals surface area contributed by atoms with Crippen LogP contribution in [0.15, 0.2) is 99.2 Å². The normalized spacial score (nSPS) is 11.3. The maximum atomic E-state index is 13.2. The van der Waals surface area contributed by atoms with E-state index in [2.05, 4.69) is 10.1 Å². The number of aromatic carboxylic acids is 1. The zero-order valence-electron chi connectivity index (χ0n) is 17.6. The van der Waals surface area contributed by atoms with E-state index in [9.17, 15) is 14.7 Å². The van der Waals surface area contributed by atoms with E-state index >= 15 is 0 Å². The van der Waals surface area contributed by atoms with Gasteiger partial charge in [0.25, 0.3) is 5.56 Å². The highest BCUT2D eigenvalue weighted by atomic mass is 35.5. The third kappa shape index (κ3) is 4.00. The summed E-state index contributed by atoms with van der Waals surface area (Å²) < 4.78 is 7.06. The number of furan rings is 1. The zero-order chi connectivity index (χ0) is 23.7. The molecule has 8 heteroatoms. The largest absolute Gasteiger partial charge is 0.478 e. The third-order valence-electron chi connectivity index (χ3n) is 5.19. The molecular weight excluding hydrogens is 454 g/mol. The molecule has 0 spiro atoms. The SMILES string of the molecule is O=C(O)c1cc(-c2ccc(C=Nn3c(-c4ccccc4)nc4ccccc4c3=O)o2)ccc1Cl. The zero-order valence-corrected chi connectivity index (χ0v) is 18.3. The fourth-order valence-corrected chi connectivity index (χ4v) is 3.74. The average Bonchev–Trinajstić information content (AvgIpc) is 3.33. The van der Waals surface area contributed by atoms with Gasteiger partial charge in [0.15, 0.2) is 5.82 Å². The van der Waals surface area contributed by atoms with Crippen LogP contribution in [0.2, 0.25) is 5.02 Å². The minimum absolute atomic E-state index is 0.0212. The molecule has 3 aromatic carbocycles. The van der Waals surface area contributed by atoms with Gasteiger partial charge in [-0.1, -0.05) is 54.1 Å². The first kappa shape index (κ1) is 21.4. The van der Waals surface area contributed by atoms with Crippen LogP contribution in [-0.4, -0.2) is 27.0 Å². The molecule has 2 heterocycles. The van der Waals surface area contributed by atoms with Gasteiger partial charge in [0.1, 0.15) is 11.5 Å². The molecule has 0 aliphatic rings. The molecule has 0 atom stereocenters. The summed E-state index contributed by atoms with van der Waals surface area (Å²) in [6.07, 6.45) is 1.42. The van der Waals surface area contributed by atoms with Gasteiger partial charge in [-0.3, -0.25) is 4.79 Å². The summed E-state index contributed by atoms with van der Waals surface area (Å²) >= 11 is 5.95. The highest BCUT2D eigenvalue weighted by Gasteiger charge is 2.14. The molecule has 0 radical (unpaired) electrons. The van der Waals surface area contributed by atoms with Crippen molar-refractivity contribution in [1.29, 1.82) is 0 Å². The Morgan fingerprint density at radius 1 is 0.971 bits per heavy atom. The molecule has 1 N–H and O–H groups in total. The molecule has 0 aliphatic carbocycles. The van der Waals surface area contributed by atoms with Crippen molar-refractivity contribution < 1.29 is 14.3 Å². The van der Waals surface area contributed by atoms with Gasteiger partial charge in [0.2, 0.25) is 0 Å². The Balaban J connectivity index is 1.56. The lowest BCUT2D eigenvalue weighted by Gasteiger charge is -2.09. The number of carboxylic acid groups (broad SMARTS) is 1. The molecule has 7 nitrogen and oxygen atoms in total. The highest BCUT2D eigenvalue weighted by molar-refractivity contribution is 6.33. The second-order valence-electron chi connectivity index (χ2n) is 7.38. The van der Waals surface area contributed by atoms with Crippen LogP contribution >= 0.6 is 11.6 Å². The molecule has 0 saturated heterocycles. The molecule has 0 unspecified atom stereocenters. The summed E-state index contributed by atoms with van der Waals surface area (Å²) in [6.45, 7) is 0.